The van der Waals surface area contributed by atoms with Crippen molar-refractivity contribution < 1.29 is 0 Å². The predicted molar refractivity (Wildman–Crippen MR) is 95.7 cm³/mol. The van der Waals surface area contributed by atoms with Crippen molar-refractivity contribution in [1.82, 2.24) is 9.97 Å². The molecule has 1 aromatic carbocycles. The molecule has 2 N–H and O–H groups in total. The van der Waals surface area contributed by atoms with E-state index in [0.29, 0.717) is 5.92 Å². The Balaban J connectivity index is 1.92. The lowest BCUT2D eigenvalue weighted by Crippen LogP contribution is -2.37. The number of aromatic nitrogens is 2. The highest BCUT2D eigenvalue weighted by atomic mass is 15.3. The second-order valence-electron chi connectivity index (χ2n) is 6.68. The van der Waals surface area contributed by atoms with Gasteiger partial charge in [-0.3, -0.25) is 0 Å². The van der Waals surface area contributed by atoms with Crippen molar-refractivity contribution in [3.8, 4) is 11.3 Å². The molecule has 1 fully saturated rings. The van der Waals surface area contributed by atoms with E-state index in [0.717, 1.165) is 49.8 Å². The summed E-state index contributed by atoms with van der Waals surface area (Å²) in [5.74, 6) is 1.51. The molecular formula is C19H26N4. The van der Waals surface area contributed by atoms with Crippen molar-refractivity contribution in [2.24, 2.45) is 11.7 Å². The van der Waals surface area contributed by atoms with Crippen LogP contribution in [0.3, 0.4) is 0 Å². The number of rotatable bonds is 3. The Morgan fingerprint density at radius 3 is 2.52 bits per heavy atom. The number of benzene rings is 1. The van der Waals surface area contributed by atoms with E-state index in [1.165, 1.54) is 16.7 Å². The molecule has 4 heteroatoms. The van der Waals surface area contributed by atoms with Crippen LogP contribution in [0.5, 0.6) is 0 Å². The zero-order valence-electron chi connectivity index (χ0n) is 14.3. The molecular weight excluding hydrogens is 284 g/mol. The Morgan fingerprint density at radius 2 is 1.83 bits per heavy atom. The molecule has 4 nitrogen and oxygen atoms in total. The summed E-state index contributed by atoms with van der Waals surface area (Å²) < 4.78 is 0. The van der Waals surface area contributed by atoms with Gasteiger partial charge in [0.25, 0.3) is 0 Å². The minimum absolute atomic E-state index is 0.648. The van der Waals surface area contributed by atoms with Gasteiger partial charge in [0.1, 0.15) is 0 Å². The summed E-state index contributed by atoms with van der Waals surface area (Å²) in [5, 5.41) is 0. The van der Waals surface area contributed by atoms with Gasteiger partial charge >= 0.3 is 0 Å². The summed E-state index contributed by atoms with van der Waals surface area (Å²) in [6, 6.07) is 8.60. The van der Waals surface area contributed by atoms with E-state index >= 15 is 0 Å². The molecule has 0 spiro atoms. The molecule has 3 rings (SSSR count). The summed E-state index contributed by atoms with van der Waals surface area (Å²) in [4.78, 5) is 11.8. The van der Waals surface area contributed by atoms with Crippen LogP contribution in [-0.4, -0.2) is 29.6 Å². The van der Waals surface area contributed by atoms with E-state index in [-0.39, 0.29) is 0 Å². The van der Waals surface area contributed by atoms with E-state index in [1.54, 1.807) is 0 Å². The van der Waals surface area contributed by atoms with Gasteiger partial charge < -0.3 is 10.6 Å². The molecule has 2 heterocycles. The zero-order chi connectivity index (χ0) is 16.4. The number of hydrogen-bond donors (Lipinski definition) is 1. The molecule has 2 aromatic rings. The minimum atomic E-state index is 0.648. The molecule has 0 amide bonds. The Morgan fingerprint density at radius 1 is 1.09 bits per heavy atom. The van der Waals surface area contributed by atoms with Crippen LogP contribution in [0, 0.1) is 26.7 Å². The monoisotopic (exact) mass is 310 g/mol. The van der Waals surface area contributed by atoms with Crippen molar-refractivity contribution in [2.75, 3.05) is 24.5 Å². The van der Waals surface area contributed by atoms with Crippen molar-refractivity contribution in [1.29, 1.82) is 0 Å². The molecule has 0 bridgehead atoms. The van der Waals surface area contributed by atoms with E-state index < -0.39 is 0 Å². The highest BCUT2D eigenvalue weighted by molar-refractivity contribution is 5.65. The lowest BCUT2D eigenvalue weighted by molar-refractivity contribution is 0.411. The highest BCUT2D eigenvalue weighted by Crippen LogP contribution is 2.26. The smallest absolute Gasteiger partial charge is 0.226 e. The van der Waals surface area contributed by atoms with Gasteiger partial charge in [0, 0.05) is 24.3 Å². The second kappa shape index (κ2) is 6.67. The van der Waals surface area contributed by atoms with E-state index in [1.807, 2.05) is 6.92 Å². The molecule has 23 heavy (non-hydrogen) atoms. The van der Waals surface area contributed by atoms with Gasteiger partial charge in [0.2, 0.25) is 5.95 Å². The van der Waals surface area contributed by atoms with E-state index in [2.05, 4.69) is 48.0 Å². The third-order valence-corrected chi connectivity index (χ3v) is 4.74. The fourth-order valence-electron chi connectivity index (χ4n) is 3.21. The molecule has 122 valence electrons. The third kappa shape index (κ3) is 3.53. The molecule has 1 saturated heterocycles. The number of anilines is 1. The van der Waals surface area contributed by atoms with Gasteiger partial charge in [-0.05, 0) is 63.8 Å². The topological polar surface area (TPSA) is 55.0 Å². The summed E-state index contributed by atoms with van der Waals surface area (Å²) in [7, 11) is 0. The van der Waals surface area contributed by atoms with Gasteiger partial charge in [-0.25, -0.2) is 9.97 Å². The summed E-state index contributed by atoms with van der Waals surface area (Å²) in [6.45, 7) is 9.09. The molecule has 0 atom stereocenters. The fourth-order valence-corrected chi connectivity index (χ4v) is 3.21. The van der Waals surface area contributed by atoms with Crippen LogP contribution in [0.4, 0.5) is 5.95 Å². The van der Waals surface area contributed by atoms with Crippen LogP contribution in [0.1, 0.15) is 29.7 Å². The predicted octanol–water partition coefficient (Wildman–Crippen LogP) is 3.24. The van der Waals surface area contributed by atoms with Crippen LogP contribution in [0.2, 0.25) is 0 Å². The first kappa shape index (κ1) is 15.9. The van der Waals surface area contributed by atoms with Crippen molar-refractivity contribution in [3.63, 3.8) is 0 Å². The quantitative estimate of drug-likeness (QED) is 0.945. The third-order valence-electron chi connectivity index (χ3n) is 4.74. The standard InChI is InChI=1S/C19H26N4/c1-13-4-5-14(2)17(10-13)18-11-15(3)21-19(22-18)23-8-6-16(12-20)7-9-23/h4-5,10-11,16H,6-9,12,20H2,1-3H3. The number of nitrogens with zero attached hydrogens (tertiary/aromatic N) is 3. The maximum Gasteiger partial charge on any atom is 0.226 e. The second-order valence-corrected chi connectivity index (χ2v) is 6.68. The van der Waals surface area contributed by atoms with Crippen molar-refractivity contribution >= 4 is 5.95 Å². The van der Waals surface area contributed by atoms with Crippen LogP contribution >= 0.6 is 0 Å². The summed E-state index contributed by atoms with van der Waals surface area (Å²) >= 11 is 0. The van der Waals surface area contributed by atoms with Gasteiger partial charge in [0.15, 0.2) is 0 Å². The van der Waals surface area contributed by atoms with Gasteiger partial charge in [0.05, 0.1) is 5.69 Å². The number of nitrogens with two attached hydrogens (primary N) is 1. The van der Waals surface area contributed by atoms with E-state index in [4.69, 9.17) is 10.7 Å². The molecule has 1 aliphatic heterocycles. The van der Waals surface area contributed by atoms with Gasteiger partial charge in [-0.2, -0.15) is 0 Å². The first-order chi connectivity index (χ1) is 11.1. The molecule has 1 aromatic heterocycles. The molecule has 0 aliphatic carbocycles. The summed E-state index contributed by atoms with van der Waals surface area (Å²) in [5.41, 5.74) is 11.5. The lowest BCUT2D eigenvalue weighted by atomic mass is 9.97. The fraction of sp³-hybridized carbons (Fsp3) is 0.474. The highest BCUT2D eigenvalue weighted by Gasteiger charge is 2.20. The van der Waals surface area contributed by atoms with Crippen molar-refractivity contribution in [3.05, 3.63) is 41.1 Å². The number of aryl methyl sites for hydroxylation is 3. The average Bonchev–Trinajstić information content (AvgIpc) is 2.56. The number of hydrogen-bond acceptors (Lipinski definition) is 4. The molecule has 0 unspecified atom stereocenters. The zero-order valence-corrected chi connectivity index (χ0v) is 14.3. The van der Waals surface area contributed by atoms with Gasteiger partial charge in [-0.1, -0.05) is 17.7 Å². The minimum Gasteiger partial charge on any atom is -0.341 e. The van der Waals surface area contributed by atoms with Crippen LogP contribution in [0.25, 0.3) is 11.3 Å². The normalized spacial score (nSPS) is 15.9. The molecule has 1 aliphatic rings. The number of piperidine rings is 1. The Bertz CT molecular complexity index is 688. The van der Waals surface area contributed by atoms with Crippen molar-refractivity contribution in [2.45, 2.75) is 33.6 Å². The molecule has 0 radical (unpaired) electrons. The first-order valence-electron chi connectivity index (χ1n) is 8.45. The van der Waals surface area contributed by atoms with Crippen LogP contribution in [-0.2, 0) is 0 Å². The average molecular weight is 310 g/mol. The SMILES string of the molecule is Cc1ccc(C)c(-c2cc(C)nc(N3CCC(CN)CC3)n2)c1. The Hall–Kier alpha value is -1.94. The Kier molecular flexibility index (Phi) is 4.62. The first-order valence-corrected chi connectivity index (χ1v) is 8.45. The van der Waals surface area contributed by atoms with Gasteiger partial charge in [-0.15, -0.1) is 0 Å². The van der Waals surface area contributed by atoms with E-state index in [9.17, 15) is 0 Å². The molecule has 0 saturated carbocycles. The van der Waals surface area contributed by atoms with Crippen LogP contribution in [0.15, 0.2) is 24.3 Å². The lowest BCUT2D eigenvalue weighted by Gasteiger charge is -2.31. The summed E-state index contributed by atoms with van der Waals surface area (Å²) in [6.07, 6.45) is 2.26. The Labute approximate surface area is 138 Å². The largest absolute Gasteiger partial charge is 0.341 e. The van der Waals surface area contributed by atoms with Crippen LogP contribution < -0.4 is 10.6 Å². The maximum absolute atomic E-state index is 5.79. The maximum atomic E-state index is 5.79.